The van der Waals surface area contributed by atoms with E-state index in [-0.39, 0.29) is 0 Å². The zero-order valence-corrected chi connectivity index (χ0v) is 13.3. The minimum Gasteiger partial charge on any atom is -0.385 e. The van der Waals surface area contributed by atoms with E-state index < -0.39 is 0 Å². The number of hydrogen-bond donors (Lipinski definition) is 0. The number of ether oxygens (including phenoxy) is 4. The molecule has 0 aromatic carbocycles. The molecule has 20 heavy (non-hydrogen) atoms. The van der Waals surface area contributed by atoms with Crippen LogP contribution in [-0.2, 0) is 18.9 Å². The van der Waals surface area contributed by atoms with Crippen LogP contribution in [0.5, 0.6) is 0 Å². The van der Waals surface area contributed by atoms with Crippen molar-refractivity contribution in [2.75, 3.05) is 54.9 Å². The zero-order chi connectivity index (χ0) is 15.3. The highest BCUT2D eigenvalue weighted by Crippen LogP contribution is 1.99. The van der Waals surface area contributed by atoms with Gasteiger partial charge in [-0.15, -0.1) is 0 Å². The van der Waals surface area contributed by atoms with Gasteiger partial charge >= 0.3 is 0 Å². The van der Waals surface area contributed by atoms with Gasteiger partial charge in [-0.25, -0.2) is 0 Å². The molecule has 0 aromatic heterocycles. The third kappa shape index (κ3) is 25.7. The predicted molar refractivity (Wildman–Crippen MR) is 81.5 cm³/mol. The SMILES string of the molecule is COCC#CC#CCOC.COCCCCCCOC. The molecule has 0 amide bonds. The van der Waals surface area contributed by atoms with E-state index in [1.165, 1.54) is 25.7 Å². The third-order valence-electron chi connectivity index (χ3n) is 2.12. The van der Waals surface area contributed by atoms with E-state index in [2.05, 4.69) is 33.2 Å². The lowest BCUT2D eigenvalue weighted by atomic mass is 10.2. The molecule has 0 radical (unpaired) electrons. The van der Waals surface area contributed by atoms with Crippen molar-refractivity contribution in [3.63, 3.8) is 0 Å². The fourth-order valence-corrected chi connectivity index (χ4v) is 1.15. The second-order valence-electron chi connectivity index (χ2n) is 3.87. The molecule has 0 saturated carbocycles. The van der Waals surface area contributed by atoms with Crippen molar-refractivity contribution in [2.24, 2.45) is 0 Å². The average molecular weight is 284 g/mol. The van der Waals surface area contributed by atoms with Gasteiger partial charge in [0.2, 0.25) is 0 Å². The van der Waals surface area contributed by atoms with Gasteiger partial charge in [0.1, 0.15) is 13.2 Å². The van der Waals surface area contributed by atoms with E-state index in [0.29, 0.717) is 13.2 Å². The number of rotatable bonds is 9. The summed E-state index contributed by atoms with van der Waals surface area (Å²) in [7, 11) is 6.68. The summed E-state index contributed by atoms with van der Waals surface area (Å²) >= 11 is 0. The van der Waals surface area contributed by atoms with Crippen molar-refractivity contribution < 1.29 is 18.9 Å². The van der Waals surface area contributed by atoms with E-state index in [4.69, 9.17) is 9.47 Å². The van der Waals surface area contributed by atoms with E-state index in [1.54, 1.807) is 28.4 Å². The summed E-state index contributed by atoms with van der Waals surface area (Å²) in [4.78, 5) is 0. The summed E-state index contributed by atoms with van der Waals surface area (Å²) in [6, 6.07) is 0. The largest absolute Gasteiger partial charge is 0.385 e. The van der Waals surface area contributed by atoms with Crippen LogP contribution in [0.2, 0.25) is 0 Å². The molecule has 0 heterocycles. The zero-order valence-electron chi connectivity index (χ0n) is 13.3. The van der Waals surface area contributed by atoms with Gasteiger partial charge in [0.05, 0.1) is 0 Å². The normalized spacial score (nSPS) is 8.60. The highest BCUT2D eigenvalue weighted by atomic mass is 16.5. The van der Waals surface area contributed by atoms with Crippen LogP contribution >= 0.6 is 0 Å². The highest BCUT2D eigenvalue weighted by Gasteiger charge is 1.87. The minimum atomic E-state index is 0.432. The van der Waals surface area contributed by atoms with Crippen LogP contribution in [0.15, 0.2) is 0 Å². The third-order valence-corrected chi connectivity index (χ3v) is 2.12. The maximum atomic E-state index is 4.92. The molecular weight excluding hydrogens is 256 g/mol. The molecule has 0 spiro atoms. The Morgan fingerprint density at radius 3 is 1.25 bits per heavy atom. The Balaban J connectivity index is 0. The quantitative estimate of drug-likeness (QED) is 0.480. The summed E-state index contributed by atoms with van der Waals surface area (Å²) in [5.74, 6) is 10.6. The van der Waals surface area contributed by atoms with Crippen LogP contribution < -0.4 is 0 Å². The first-order valence-corrected chi connectivity index (χ1v) is 6.74. The fourth-order valence-electron chi connectivity index (χ4n) is 1.15. The van der Waals surface area contributed by atoms with Crippen LogP contribution in [0, 0.1) is 23.7 Å². The molecule has 0 N–H and O–H groups in total. The molecule has 0 bridgehead atoms. The second kappa shape index (κ2) is 23.1. The first-order valence-electron chi connectivity index (χ1n) is 6.74. The van der Waals surface area contributed by atoms with Gasteiger partial charge in [-0.05, 0) is 24.7 Å². The van der Waals surface area contributed by atoms with Crippen molar-refractivity contribution >= 4 is 0 Å². The molecule has 0 aromatic rings. The lowest BCUT2D eigenvalue weighted by molar-refractivity contribution is 0.180. The monoisotopic (exact) mass is 284 g/mol. The van der Waals surface area contributed by atoms with Crippen LogP contribution in [0.4, 0.5) is 0 Å². The number of unbranched alkanes of at least 4 members (excludes halogenated alkanes) is 3. The van der Waals surface area contributed by atoms with Gasteiger partial charge in [-0.2, -0.15) is 0 Å². The molecule has 0 rings (SSSR count). The van der Waals surface area contributed by atoms with E-state index in [9.17, 15) is 0 Å². The Hall–Kier alpha value is -1.04. The summed E-state index contributed by atoms with van der Waals surface area (Å²) < 4.78 is 19.2. The van der Waals surface area contributed by atoms with Gasteiger partial charge in [-0.3, -0.25) is 0 Å². The molecule has 4 heteroatoms. The Morgan fingerprint density at radius 2 is 0.950 bits per heavy atom. The number of hydrogen-bond acceptors (Lipinski definition) is 4. The molecule has 0 aliphatic carbocycles. The maximum Gasteiger partial charge on any atom is 0.108 e. The van der Waals surface area contributed by atoms with Crippen LogP contribution in [-0.4, -0.2) is 54.9 Å². The average Bonchev–Trinajstić information content (AvgIpc) is 2.47. The first-order chi connectivity index (χ1) is 9.83. The molecule has 0 saturated heterocycles. The van der Waals surface area contributed by atoms with Gasteiger partial charge in [-0.1, -0.05) is 24.7 Å². The molecular formula is C16H28O4. The fraction of sp³-hybridized carbons (Fsp3) is 0.750. The van der Waals surface area contributed by atoms with E-state index >= 15 is 0 Å². The summed E-state index contributed by atoms with van der Waals surface area (Å²) in [5, 5.41) is 0. The molecule has 0 unspecified atom stereocenters. The van der Waals surface area contributed by atoms with E-state index in [0.717, 1.165) is 13.2 Å². The Bertz CT molecular complexity index is 250. The molecule has 0 aliphatic heterocycles. The highest BCUT2D eigenvalue weighted by molar-refractivity contribution is 5.25. The van der Waals surface area contributed by atoms with Gasteiger partial charge < -0.3 is 18.9 Å². The second-order valence-corrected chi connectivity index (χ2v) is 3.87. The summed E-state index contributed by atoms with van der Waals surface area (Å²) in [5.41, 5.74) is 0. The Kier molecular flexibility index (Phi) is 24.5. The molecule has 0 aliphatic rings. The summed E-state index contributed by atoms with van der Waals surface area (Å²) in [6.45, 7) is 2.66. The Morgan fingerprint density at radius 1 is 0.550 bits per heavy atom. The van der Waals surface area contributed by atoms with Crippen LogP contribution in [0.3, 0.4) is 0 Å². The molecule has 0 fully saturated rings. The lowest BCUT2D eigenvalue weighted by Gasteiger charge is -1.98. The topological polar surface area (TPSA) is 36.9 Å². The van der Waals surface area contributed by atoms with Crippen LogP contribution in [0.1, 0.15) is 25.7 Å². The Labute approximate surface area is 124 Å². The van der Waals surface area contributed by atoms with Gasteiger partial charge in [0.15, 0.2) is 0 Å². The lowest BCUT2D eigenvalue weighted by Crippen LogP contribution is -1.91. The van der Waals surface area contributed by atoms with Crippen molar-refractivity contribution in [2.45, 2.75) is 25.7 Å². The molecule has 0 atom stereocenters. The number of methoxy groups -OCH3 is 4. The maximum absolute atomic E-state index is 4.92. The smallest absolute Gasteiger partial charge is 0.108 e. The molecule has 4 nitrogen and oxygen atoms in total. The summed E-state index contributed by atoms with van der Waals surface area (Å²) in [6.07, 6.45) is 4.88. The van der Waals surface area contributed by atoms with Crippen molar-refractivity contribution in [1.29, 1.82) is 0 Å². The molecule has 116 valence electrons. The van der Waals surface area contributed by atoms with Crippen molar-refractivity contribution in [3.8, 4) is 23.7 Å². The predicted octanol–water partition coefficient (Wildman–Crippen LogP) is 2.13. The van der Waals surface area contributed by atoms with Gasteiger partial charge in [0.25, 0.3) is 0 Å². The standard InChI is InChI=1S/C8H18O2.C8H10O2/c2*1-9-7-5-3-4-6-8-10-2/h3-8H2,1-2H3;7-8H2,1-2H3. The van der Waals surface area contributed by atoms with Gasteiger partial charge in [0, 0.05) is 41.7 Å². The minimum absolute atomic E-state index is 0.432. The first kappa shape index (κ1) is 21.3. The van der Waals surface area contributed by atoms with Crippen molar-refractivity contribution in [3.05, 3.63) is 0 Å². The van der Waals surface area contributed by atoms with E-state index in [1.807, 2.05) is 0 Å². The van der Waals surface area contributed by atoms with Crippen molar-refractivity contribution in [1.82, 2.24) is 0 Å². The van der Waals surface area contributed by atoms with Crippen LogP contribution in [0.25, 0.3) is 0 Å².